The van der Waals surface area contributed by atoms with Gasteiger partial charge in [-0.1, -0.05) is 35.5 Å². The molecule has 4 saturated carbocycles. The highest BCUT2D eigenvalue weighted by molar-refractivity contribution is 8.13. The number of amides is 1. The molecule has 26 heavy (non-hydrogen) atoms. The Morgan fingerprint density at radius 2 is 1.73 bits per heavy atom. The molecule has 6 rings (SSSR count). The molecule has 138 valence electrons. The summed E-state index contributed by atoms with van der Waals surface area (Å²) in [5.41, 5.74) is 1.15. The van der Waals surface area contributed by atoms with Crippen molar-refractivity contribution in [2.24, 2.45) is 28.2 Å². The molecule has 1 aromatic rings. The second-order valence-electron chi connectivity index (χ2n) is 8.73. The van der Waals surface area contributed by atoms with Crippen molar-refractivity contribution >= 4 is 34.4 Å². The fourth-order valence-corrected chi connectivity index (χ4v) is 7.25. The van der Waals surface area contributed by atoms with Gasteiger partial charge in [0.15, 0.2) is 5.17 Å². The molecule has 1 aromatic carbocycles. The number of carbonyl (C=O) groups is 1. The lowest BCUT2D eigenvalue weighted by Crippen LogP contribution is -2.55. The number of rotatable bonds is 3. The third-order valence-electron chi connectivity index (χ3n) is 6.82. The summed E-state index contributed by atoms with van der Waals surface area (Å²) in [6, 6.07) is 7.95. The third-order valence-corrected chi connectivity index (χ3v) is 8.16. The molecule has 0 spiro atoms. The molecule has 5 heteroatoms. The molecule has 0 N–H and O–H groups in total. The lowest BCUT2D eigenvalue weighted by atomic mass is 9.49. The molecule has 1 heterocycles. The summed E-state index contributed by atoms with van der Waals surface area (Å²) in [6.45, 7) is 1.52. The van der Waals surface area contributed by atoms with Gasteiger partial charge in [0.1, 0.15) is 0 Å². The van der Waals surface area contributed by atoms with Crippen molar-refractivity contribution in [3.8, 4) is 0 Å². The fraction of sp³-hybridized carbons (Fsp3) is 0.619. The Labute approximate surface area is 164 Å². The number of carbonyl (C=O) groups excluding carboxylic acids is 1. The van der Waals surface area contributed by atoms with Crippen LogP contribution < -0.4 is 0 Å². The van der Waals surface area contributed by atoms with Gasteiger partial charge in [0.2, 0.25) is 5.91 Å². The first kappa shape index (κ1) is 17.1. The largest absolute Gasteiger partial charge is 0.289 e. The van der Waals surface area contributed by atoms with Gasteiger partial charge in [0, 0.05) is 17.3 Å². The number of halogens is 1. The highest BCUT2D eigenvalue weighted by Gasteiger charge is 2.56. The molecule has 5 aliphatic rings. The maximum atomic E-state index is 13.6. The second-order valence-corrected chi connectivity index (χ2v) is 10.1. The van der Waals surface area contributed by atoms with E-state index in [2.05, 4.69) is 17.1 Å². The summed E-state index contributed by atoms with van der Waals surface area (Å²) in [6.07, 6.45) is 7.51. The molecule has 0 atom stereocenters. The molecule has 4 bridgehead atoms. The molecule has 3 nitrogen and oxygen atoms in total. The molecular weight excluding hydrogens is 364 g/mol. The van der Waals surface area contributed by atoms with Gasteiger partial charge in [0.25, 0.3) is 0 Å². The van der Waals surface area contributed by atoms with Crippen molar-refractivity contribution in [1.29, 1.82) is 0 Å². The average molecular weight is 389 g/mol. The quantitative estimate of drug-likeness (QED) is 0.730. The lowest BCUT2D eigenvalue weighted by molar-refractivity contribution is -0.152. The summed E-state index contributed by atoms with van der Waals surface area (Å²) in [4.78, 5) is 20.3. The SMILES string of the molecule is O=C(N1CCN=C1SCc1ccc(Cl)cc1)C12CC3CC(CC(C3)C1)C2. The first-order valence-corrected chi connectivity index (χ1v) is 11.2. The maximum Gasteiger partial charge on any atom is 0.234 e. The van der Waals surface area contributed by atoms with Crippen LogP contribution in [0.5, 0.6) is 0 Å². The van der Waals surface area contributed by atoms with Gasteiger partial charge in [-0.05, 0) is 74.0 Å². The van der Waals surface area contributed by atoms with Crippen LogP contribution in [-0.2, 0) is 10.5 Å². The van der Waals surface area contributed by atoms with Crippen LogP contribution in [0.2, 0.25) is 5.02 Å². The van der Waals surface area contributed by atoms with Crippen LogP contribution in [0, 0.1) is 23.2 Å². The van der Waals surface area contributed by atoms with Crippen LogP contribution in [-0.4, -0.2) is 29.1 Å². The van der Waals surface area contributed by atoms with Crippen molar-refractivity contribution < 1.29 is 4.79 Å². The highest BCUT2D eigenvalue weighted by atomic mass is 35.5. The Morgan fingerprint density at radius 1 is 1.12 bits per heavy atom. The summed E-state index contributed by atoms with van der Waals surface area (Å²) >= 11 is 7.67. The Balaban J connectivity index is 1.29. The predicted octanol–water partition coefficient (Wildman–Crippen LogP) is 4.99. The number of thioether (sulfide) groups is 1. The first-order chi connectivity index (χ1) is 12.6. The Bertz CT molecular complexity index is 710. The molecule has 0 aromatic heterocycles. The lowest BCUT2D eigenvalue weighted by Gasteiger charge is -2.56. The Hall–Kier alpha value is -1.00. The molecule has 0 saturated heterocycles. The van der Waals surface area contributed by atoms with E-state index in [9.17, 15) is 4.79 Å². The van der Waals surface area contributed by atoms with Crippen LogP contribution in [0.4, 0.5) is 0 Å². The van der Waals surface area contributed by atoms with E-state index in [4.69, 9.17) is 11.6 Å². The predicted molar refractivity (Wildman–Crippen MR) is 107 cm³/mol. The van der Waals surface area contributed by atoms with Crippen molar-refractivity contribution in [3.05, 3.63) is 34.9 Å². The third kappa shape index (κ3) is 2.99. The molecule has 0 unspecified atom stereocenters. The minimum atomic E-state index is -0.0688. The van der Waals surface area contributed by atoms with Crippen molar-refractivity contribution in [2.45, 2.75) is 44.3 Å². The summed E-state index contributed by atoms with van der Waals surface area (Å²) in [7, 11) is 0. The minimum Gasteiger partial charge on any atom is -0.289 e. The van der Waals surface area contributed by atoms with E-state index in [0.29, 0.717) is 5.91 Å². The minimum absolute atomic E-state index is 0.0688. The summed E-state index contributed by atoms with van der Waals surface area (Å²) in [5, 5.41) is 1.69. The van der Waals surface area contributed by atoms with E-state index < -0.39 is 0 Å². The zero-order chi connectivity index (χ0) is 17.7. The van der Waals surface area contributed by atoms with E-state index in [-0.39, 0.29) is 5.41 Å². The van der Waals surface area contributed by atoms with Gasteiger partial charge in [-0.3, -0.25) is 14.7 Å². The number of nitrogens with zero attached hydrogens (tertiary/aromatic N) is 2. The Kier molecular flexibility index (Phi) is 4.32. The van der Waals surface area contributed by atoms with E-state index in [1.165, 1.54) is 24.8 Å². The molecule has 0 radical (unpaired) electrons. The number of benzene rings is 1. The number of amidine groups is 1. The molecular formula is C21H25ClN2OS. The van der Waals surface area contributed by atoms with Crippen LogP contribution in [0.1, 0.15) is 44.1 Å². The topological polar surface area (TPSA) is 32.7 Å². The van der Waals surface area contributed by atoms with Crippen molar-refractivity contribution in [2.75, 3.05) is 13.1 Å². The zero-order valence-corrected chi connectivity index (χ0v) is 16.6. The van der Waals surface area contributed by atoms with Gasteiger partial charge in [0.05, 0.1) is 12.0 Å². The van der Waals surface area contributed by atoms with E-state index in [1.807, 2.05) is 17.0 Å². The van der Waals surface area contributed by atoms with Gasteiger partial charge in [-0.25, -0.2) is 0 Å². The number of hydrogen-bond donors (Lipinski definition) is 0. The van der Waals surface area contributed by atoms with Crippen molar-refractivity contribution in [1.82, 2.24) is 4.90 Å². The van der Waals surface area contributed by atoms with Crippen molar-refractivity contribution in [3.63, 3.8) is 0 Å². The van der Waals surface area contributed by atoms with Crippen LogP contribution >= 0.6 is 23.4 Å². The maximum absolute atomic E-state index is 13.6. The van der Waals surface area contributed by atoms with E-state index in [0.717, 1.165) is 66.0 Å². The number of hydrogen-bond acceptors (Lipinski definition) is 3. The van der Waals surface area contributed by atoms with Crippen LogP contribution in [0.25, 0.3) is 0 Å². The van der Waals surface area contributed by atoms with Gasteiger partial charge < -0.3 is 0 Å². The Morgan fingerprint density at radius 3 is 2.35 bits per heavy atom. The average Bonchev–Trinajstić information content (AvgIpc) is 3.08. The molecule has 4 aliphatic carbocycles. The van der Waals surface area contributed by atoms with Gasteiger partial charge in [-0.2, -0.15) is 0 Å². The number of aliphatic imine (C=N–C) groups is 1. The van der Waals surface area contributed by atoms with Crippen LogP contribution in [0.3, 0.4) is 0 Å². The van der Waals surface area contributed by atoms with Gasteiger partial charge in [-0.15, -0.1) is 0 Å². The monoisotopic (exact) mass is 388 g/mol. The first-order valence-electron chi connectivity index (χ1n) is 9.85. The van der Waals surface area contributed by atoms with E-state index in [1.54, 1.807) is 11.8 Å². The standard InChI is InChI=1S/C21H25ClN2OS/c22-18-3-1-14(2-4-18)13-26-20-23-5-6-24(20)19(25)21-10-15-7-16(11-21)9-17(8-15)12-21/h1-4,15-17H,5-13H2. The highest BCUT2D eigenvalue weighted by Crippen LogP contribution is 2.60. The van der Waals surface area contributed by atoms with Gasteiger partial charge >= 0.3 is 0 Å². The second kappa shape index (κ2) is 6.56. The molecule has 1 amide bonds. The smallest absolute Gasteiger partial charge is 0.234 e. The van der Waals surface area contributed by atoms with Crippen LogP contribution in [0.15, 0.2) is 29.3 Å². The molecule has 1 aliphatic heterocycles. The fourth-order valence-electron chi connectivity index (χ4n) is 6.13. The summed E-state index contributed by atoms with van der Waals surface area (Å²) < 4.78 is 0. The normalized spacial score (nSPS) is 35.0. The van der Waals surface area contributed by atoms with E-state index >= 15 is 0 Å². The molecule has 4 fully saturated rings. The summed E-state index contributed by atoms with van der Waals surface area (Å²) in [5.74, 6) is 3.62. The zero-order valence-electron chi connectivity index (χ0n) is 15.0.